The standard InChI is InChI=1S/C12H17NO3/c1-8-6-11(12(14)15-3)7-10(9(8)2)4-5-16-13/h6-7H,4-5,13H2,1-3H3. The van der Waals surface area contributed by atoms with E-state index in [0.717, 1.165) is 16.7 Å². The average molecular weight is 223 g/mol. The van der Waals surface area contributed by atoms with Crippen LogP contribution in [0.25, 0.3) is 0 Å². The molecule has 0 atom stereocenters. The van der Waals surface area contributed by atoms with E-state index < -0.39 is 0 Å². The Morgan fingerprint density at radius 1 is 1.38 bits per heavy atom. The molecule has 0 bridgehead atoms. The van der Waals surface area contributed by atoms with Crippen molar-refractivity contribution < 1.29 is 14.4 Å². The normalized spacial score (nSPS) is 10.2. The minimum Gasteiger partial charge on any atom is -0.465 e. The molecule has 4 heteroatoms. The fraction of sp³-hybridized carbons (Fsp3) is 0.417. The Hall–Kier alpha value is -1.39. The van der Waals surface area contributed by atoms with Gasteiger partial charge in [-0.2, -0.15) is 0 Å². The van der Waals surface area contributed by atoms with Gasteiger partial charge in [0.15, 0.2) is 0 Å². The number of esters is 1. The number of carbonyl (C=O) groups is 1. The van der Waals surface area contributed by atoms with Crippen LogP contribution in [0.15, 0.2) is 12.1 Å². The number of methoxy groups -OCH3 is 1. The van der Waals surface area contributed by atoms with Gasteiger partial charge in [0.05, 0.1) is 19.3 Å². The lowest BCUT2D eigenvalue weighted by Gasteiger charge is -2.10. The molecule has 0 amide bonds. The predicted octanol–water partition coefficient (Wildman–Crippen LogP) is 1.52. The summed E-state index contributed by atoms with van der Waals surface area (Å²) in [5, 5.41) is 0. The van der Waals surface area contributed by atoms with Gasteiger partial charge < -0.3 is 9.57 Å². The molecule has 0 aliphatic carbocycles. The Kier molecular flexibility index (Phi) is 4.46. The molecule has 88 valence electrons. The van der Waals surface area contributed by atoms with Gasteiger partial charge in [0, 0.05) is 0 Å². The van der Waals surface area contributed by atoms with Gasteiger partial charge in [-0.15, -0.1) is 0 Å². The lowest BCUT2D eigenvalue weighted by atomic mass is 9.98. The highest BCUT2D eigenvalue weighted by Gasteiger charge is 2.10. The maximum Gasteiger partial charge on any atom is 0.337 e. The van der Waals surface area contributed by atoms with Crippen LogP contribution in [0, 0.1) is 13.8 Å². The van der Waals surface area contributed by atoms with Crippen LogP contribution in [-0.4, -0.2) is 19.7 Å². The summed E-state index contributed by atoms with van der Waals surface area (Å²) in [6, 6.07) is 3.65. The number of nitrogens with two attached hydrogens (primary N) is 1. The van der Waals surface area contributed by atoms with Crippen molar-refractivity contribution in [3.63, 3.8) is 0 Å². The zero-order valence-corrected chi connectivity index (χ0v) is 9.87. The van der Waals surface area contributed by atoms with Gasteiger partial charge in [-0.05, 0) is 49.1 Å². The molecule has 0 aliphatic rings. The van der Waals surface area contributed by atoms with Crippen LogP contribution in [-0.2, 0) is 16.0 Å². The summed E-state index contributed by atoms with van der Waals surface area (Å²) in [6.07, 6.45) is 0.688. The molecule has 1 rings (SSSR count). The molecule has 1 aromatic carbocycles. The van der Waals surface area contributed by atoms with Crippen LogP contribution >= 0.6 is 0 Å². The van der Waals surface area contributed by atoms with Crippen LogP contribution in [0.1, 0.15) is 27.0 Å². The van der Waals surface area contributed by atoms with E-state index >= 15 is 0 Å². The molecule has 2 N–H and O–H groups in total. The summed E-state index contributed by atoms with van der Waals surface area (Å²) < 4.78 is 4.70. The van der Waals surface area contributed by atoms with E-state index in [4.69, 9.17) is 10.6 Å². The molecule has 1 aromatic rings. The Bertz CT molecular complexity index is 388. The van der Waals surface area contributed by atoms with E-state index in [1.54, 1.807) is 0 Å². The first-order valence-corrected chi connectivity index (χ1v) is 5.10. The fourth-order valence-electron chi connectivity index (χ4n) is 1.60. The largest absolute Gasteiger partial charge is 0.465 e. The summed E-state index contributed by atoms with van der Waals surface area (Å²) in [4.78, 5) is 16.0. The molecule has 0 unspecified atom stereocenters. The quantitative estimate of drug-likeness (QED) is 0.621. The van der Waals surface area contributed by atoms with E-state index in [-0.39, 0.29) is 5.97 Å². The molecule has 0 fully saturated rings. The minimum atomic E-state index is -0.321. The highest BCUT2D eigenvalue weighted by molar-refractivity contribution is 5.90. The molecular formula is C12H17NO3. The van der Waals surface area contributed by atoms with Gasteiger partial charge in [-0.3, -0.25) is 0 Å². The molecule has 0 saturated carbocycles. The zero-order valence-electron chi connectivity index (χ0n) is 9.87. The second kappa shape index (κ2) is 5.63. The van der Waals surface area contributed by atoms with Crippen LogP contribution in [0.2, 0.25) is 0 Å². The number of hydrogen-bond donors (Lipinski definition) is 1. The van der Waals surface area contributed by atoms with Crippen molar-refractivity contribution >= 4 is 5.97 Å². The van der Waals surface area contributed by atoms with Crippen LogP contribution in [0.5, 0.6) is 0 Å². The predicted molar refractivity (Wildman–Crippen MR) is 61.1 cm³/mol. The number of ether oxygens (including phenoxy) is 1. The van der Waals surface area contributed by atoms with Gasteiger partial charge in [0.2, 0.25) is 0 Å². The monoisotopic (exact) mass is 223 g/mol. The highest BCUT2D eigenvalue weighted by atomic mass is 16.6. The van der Waals surface area contributed by atoms with E-state index in [2.05, 4.69) is 4.84 Å². The molecule has 0 saturated heterocycles. The van der Waals surface area contributed by atoms with Crippen LogP contribution in [0.4, 0.5) is 0 Å². The Morgan fingerprint density at radius 3 is 2.62 bits per heavy atom. The third kappa shape index (κ3) is 2.81. The molecule has 4 nitrogen and oxygen atoms in total. The Labute approximate surface area is 95.3 Å². The van der Waals surface area contributed by atoms with Crippen molar-refractivity contribution in [2.45, 2.75) is 20.3 Å². The Morgan fingerprint density at radius 2 is 2.06 bits per heavy atom. The number of rotatable bonds is 4. The lowest BCUT2D eigenvalue weighted by molar-refractivity contribution is 0.0600. The molecule has 0 radical (unpaired) electrons. The van der Waals surface area contributed by atoms with Gasteiger partial charge in [0.1, 0.15) is 0 Å². The third-order valence-electron chi connectivity index (χ3n) is 2.69. The van der Waals surface area contributed by atoms with Crippen molar-refractivity contribution in [2.24, 2.45) is 5.90 Å². The number of hydrogen-bond acceptors (Lipinski definition) is 4. The maximum atomic E-state index is 11.4. The van der Waals surface area contributed by atoms with Gasteiger partial charge in [0.25, 0.3) is 0 Å². The highest BCUT2D eigenvalue weighted by Crippen LogP contribution is 2.17. The first kappa shape index (κ1) is 12.7. The molecule has 0 heterocycles. The molecule has 0 spiro atoms. The van der Waals surface area contributed by atoms with E-state index in [1.165, 1.54) is 7.11 Å². The first-order valence-electron chi connectivity index (χ1n) is 5.10. The molecule has 0 aromatic heterocycles. The summed E-state index contributed by atoms with van der Waals surface area (Å²) >= 11 is 0. The van der Waals surface area contributed by atoms with Gasteiger partial charge >= 0.3 is 5.97 Å². The van der Waals surface area contributed by atoms with E-state index in [9.17, 15) is 4.79 Å². The Balaban J connectivity index is 3.06. The molecular weight excluding hydrogens is 206 g/mol. The maximum absolute atomic E-state index is 11.4. The SMILES string of the molecule is COC(=O)c1cc(C)c(C)c(CCON)c1. The average Bonchev–Trinajstić information content (AvgIpc) is 2.29. The van der Waals surface area contributed by atoms with Crippen LogP contribution in [0.3, 0.4) is 0 Å². The van der Waals surface area contributed by atoms with Crippen molar-refractivity contribution in [2.75, 3.05) is 13.7 Å². The fourth-order valence-corrected chi connectivity index (χ4v) is 1.60. The number of aryl methyl sites for hydroxylation is 1. The smallest absolute Gasteiger partial charge is 0.337 e. The number of benzene rings is 1. The van der Waals surface area contributed by atoms with Crippen molar-refractivity contribution in [1.82, 2.24) is 0 Å². The summed E-state index contributed by atoms with van der Waals surface area (Å²) in [7, 11) is 1.38. The topological polar surface area (TPSA) is 61.5 Å². The zero-order chi connectivity index (χ0) is 12.1. The second-order valence-corrected chi connectivity index (χ2v) is 3.69. The molecule has 0 aliphatic heterocycles. The van der Waals surface area contributed by atoms with Gasteiger partial charge in [-0.1, -0.05) is 0 Å². The van der Waals surface area contributed by atoms with E-state index in [0.29, 0.717) is 18.6 Å². The number of carbonyl (C=O) groups excluding carboxylic acids is 1. The third-order valence-corrected chi connectivity index (χ3v) is 2.69. The van der Waals surface area contributed by atoms with Crippen molar-refractivity contribution in [1.29, 1.82) is 0 Å². The van der Waals surface area contributed by atoms with Crippen molar-refractivity contribution in [3.05, 3.63) is 34.4 Å². The lowest BCUT2D eigenvalue weighted by Crippen LogP contribution is -2.08. The first-order chi connectivity index (χ1) is 7.60. The summed E-state index contributed by atoms with van der Waals surface area (Å²) in [5.41, 5.74) is 3.85. The van der Waals surface area contributed by atoms with E-state index in [1.807, 2.05) is 26.0 Å². The molecule has 16 heavy (non-hydrogen) atoms. The summed E-state index contributed by atoms with van der Waals surface area (Å²) in [5.74, 6) is 4.68. The minimum absolute atomic E-state index is 0.321. The van der Waals surface area contributed by atoms with Gasteiger partial charge in [-0.25, -0.2) is 10.7 Å². The van der Waals surface area contributed by atoms with Crippen LogP contribution < -0.4 is 5.90 Å². The second-order valence-electron chi connectivity index (χ2n) is 3.69. The van der Waals surface area contributed by atoms with Crippen molar-refractivity contribution in [3.8, 4) is 0 Å². The summed E-state index contributed by atoms with van der Waals surface area (Å²) in [6.45, 7) is 4.42.